The Morgan fingerprint density at radius 3 is 2.47 bits per heavy atom. The summed E-state index contributed by atoms with van der Waals surface area (Å²) in [6, 6.07) is 13.9. The average molecular weight is 542 g/mol. The highest BCUT2D eigenvalue weighted by Crippen LogP contribution is 2.25. The zero-order valence-electron chi connectivity index (χ0n) is 18.6. The van der Waals surface area contributed by atoms with Gasteiger partial charge in [-0.05, 0) is 63.9 Å². The molecule has 3 rings (SSSR count). The lowest BCUT2D eigenvalue weighted by Crippen LogP contribution is -2.48. The molecule has 0 bridgehead atoms. The summed E-state index contributed by atoms with van der Waals surface area (Å²) in [6.07, 6.45) is 2.27. The van der Waals surface area contributed by atoms with Crippen molar-refractivity contribution in [3.05, 3.63) is 52.9 Å². The molecule has 1 aromatic heterocycles. The van der Waals surface area contributed by atoms with Crippen LogP contribution in [0, 0.1) is 6.92 Å². The van der Waals surface area contributed by atoms with E-state index in [2.05, 4.69) is 90.2 Å². The van der Waals surface area contributed by atoms with Crippen LogP contribution in [0.4, 0.5) is 5.00 Å². The predicted molar refractivity (Wildman–Crippen MR) is 142 cm³/mol. The second-order valence-electron chi connectivity index (χ2n) is 7.97. The van der Waals surface area contributed by atoms with Gasteiger partial charge in [-0.2, -0.15) is 0 Å². The molecule has 0 saturated carbocycles. The van der Waals surface area contributed by atoms with Crippen molar-refractivity contribution in [1.29, 1.82) is 0 Å². The van der Waals surface area contributed by atoms with Crippen molar-refractivity contribution in [1.82, 2.24) is 15.5 Å². The smallest absolute Gasteiger partial charge is 0.191 e. The molecular formula is C23H36IN5S. The Labute approximate surface area is 203 Å². The molecular weight excluding hydrogens is 505 g/mol. The molecule has 1 fully saturated rings. The van der Waals surface area contributed by atoms with Gasteiger partial charge in [0.15, 0.2) is 5.96 Å². The van der Waals surface area contributed by atoms with Crippen LogP contribution in [0.15, 0.2) is 46.8 Å². The molecule has 0 spiro atoms. The van der Waals surface area contributed by atoms with E-state index in [1.165, 1.54) is 16.1 Å². The summed E-state index contributed by atoms with van der Waals surface area (Å²) in [5.41, 5.74) is 2.60. The number of likely N-dealkylation sites (N-methyl/N-ethyl adjacent to an activating group) is 1. The number of guanidine groups is 1. The van der Waals surface area contributed by atoms with E-state index in [0.717, 1.165) is 45.0 Å². The number of rotatable bonds is 7. The van der Waals surface area contributed by atoms with Crippen LogP contribution in [-0.2, 0) is 0 Å². The molecule has 1 aromatic carbocycles. The Balaban J connectivity index is 0.00000320. The predicted octanol–water partition coefficient (Wildman–Crippen LogP) is 4.50. The van der Waals surface area contributed by atoms with E-state index in [-0.39, 0.29) is 30.0 Å². The van der Waals surface area contributed by atoms with Crippen LogP contribution < -0.4 is 15.5 Å². The van der Waals surface area contributed by atoms with Gasteiger partial charge in [0.05, 0.1) is 17.6 Å². The molecule has 30 heavy (non-hydrogen) atoms. The molecule has 2 heterocycles. The number of anilines is 1. The third kappa shape index (κ3) is 7.13. The fraction of sp³-hybridized carbons (Fsp3) is 0.522. The molecule has 2 aromatic rings. The van der Waals surface area contributed by atoms with Crippen molar-refractivity contribution in [3.8, 4) is 0 Å². The van der Waals surface area contributed by atoms with E-state index < -0.39 is 0 Å². The zero-order chi connectivity index (χ0) is 20.6. The Hall–Kier alpha value is -1.32. The van der Waals surface area contributed by atoms with Crippen LogP contribution >= 0.6 is 35.3 Å². The van der Waals surface area contributed by atoms with Gasteiger partial charge in [-0.3, -0.25) is 4.99 Å². The number of benzene rings is 1. The van der Waals surface area contributed by atoms with Gasteiger partial charge >= 0.3 is 0 Å². The molecule has 1 atom stereocenters. The molecule has 1 aliphatic heterocycles. The highest BCUT2D eigenvalue weighted by Gasteiger charge is 2.21. The number of piperidine rings is 1. The van der Waals surface area contributed by atoms with Gasteiger partial charge in [0.25, 0.3) is 0 Å². The van der Waals surface area contributed by atoms with Crippen molar-refractivity contribution in [2.45, 2.75) is 38.8 Å². The number of aliphatic imine (C=N–C) groups is 1. The van der Waals surface area contributed by atoms with E-state index in [1.54, 1.807) is 0 Å². The van der Waals surface area contributed by atoms with E-state index >= 15 is 0 Å². The topological polar surface area (TPSA) is 42.9 Å². The number of hydrogen-bond donors (Lipinski definition) is 2. The van der Waals surface area contributed by atoms with E-state index in [1.807, 2.05) is 11.3 Å². The quantitative estimate of drug-likeness (QED) is 0.308. The van der Waals surface area contributed by atoms with Crippen LogP contribution in [0.25, 0.3) is 0 Å². The zero-order valence-corrected chi connectivity index (χ0v) is 21.7. The number of aryl methyl sites for hydroxylation is 1. The number of hydrogen-bond acceptors (Lipinski definition) is 4. The molecule has 1 aliphatic rings. The summed E-state index contributed by atoms with van der Waals surface area (Å²) < 4.78 is 0. The Morgan fingerprint density at radius 2 is 1.90 bits per heavy atom. The molecule has 1 saturated heterocycles. The molecule has 166 valence electrons. The Morgan fingerprint density at radius 1 is 1.20 bits per heavy atom. The molecule has 7 heteroatoms. The first kappa shape index (κ1) is 24.9. The second kappa shape index (κ2) is 12.5. The molecule has 0 amide bonds. The summed E-state index contributed by atoms with van der Waals surface area (Å²) in [4.78, 5) is 9.68. The van der Waals surface area contributed by atoms with Gasteiger partial charge < -0.3 is 20.4 Å². The summed E-state index contributed by atoms with van der Waals surface area (Å²) in [5, 5.41) is 10.6. The number of halogens is 1. The normalized spacial score (nSPS) is 16.3. The van der Waals surface area contributed by atoms with E-state index in [0.29, 0.717) is 6.04 Å². The number of nitrogens with one attached hydrogen (secondary N) is 2. The van der Waals surface area contributed by atoms with Crippen LogP contribution in [-0.4, -0.2) is 57.2 Å². The first-order valence-corrected chi connectivity index (χ1v) is 11.5. The summed E-state index contributed by atoms with van der Waals surface area (Å²) in [6.45, 7) is 8.06. The van der Waals surface area contributed by atoms with Crippen molar-refractivity contribution >= 4 is 46.3 Å². The van der Waals surface area contributed by atoms with Crippen molar-refractivity contribution in [2.75, 3.05) is 45.2 Å². The summed E-state index contributed by atoms with van der Waals surface area (Å²) in [5.74, 6) is 0.932. The van der Waals surface area contributed by atoms with Crippen LogP contribution in [0.2, 0.25) is 0 Å². The lowest BCUT2D eigenvalue weighted by atomic mass is 10.0. The fourth-order valence-corrected chi connectivity index (χ4v) is 4.53. The molecule has 1 unspecified atom stereocenters. The number of thiophene rings is 1. The molecule has 0 aliphatic carbocycles. The minimum atomic E-state index is 0. The van der Waals surface area contributed by atoms with E-state index in [4.69, 9.17) is 4.99 Å². The van der Waals surface area contributed by atoms with Crippen LogP contribution in [0.3, 0.4) is 0 Å². The maximum atomic E-state index is 4.94. The van der Waals surface area contributed by atoms with Crippen molar-refractivity contribution in [2.24, 2.45) is 4.99 Å². The standard InChI is InChI=1S/C23H35N5S.HI/c1-5-24-23(25-17-21(27(3)4)19-10-8-18(2)9-11-19)26-20-12-14-28(15-13-20)22-7-6-16-29-22;/h6-11,16,20-21H,5,12-15,17H2,1-4H3,(H2,24,25,26);1H. The van der Waals surface area contributed by atoms with Crippen LogP contribution in [0.5, 0.6) is 0 Å². The minimum Gasteiger partial charge on any atom is -0.363 e. The summed E-state index contributed by atoms with van der Waals surface area (Å²) >= 11 is 1.83. The third-order valence-electron chi connectivity index (χ3n) is 5.51. The molecule has 5 nitrogen and oxygen atoms in total. The van der Waals surface area contributed by atoms with Crippen molar-refractivity contribution < 1.29 is 0 Å². The summed E-state index contributed by atoms with van der Waals surface area (Å²) in [7, 11) is 4.25. The highest BCUT2D eigenvalue weighted by atomic mass is 127. The number of nitrogens with zero attached hydrogens (tertiary/aromatic N) is 3. The largest absolute Gasteiger partial charge is 0.363 e. The maximum absolute atomic E-state index is 4.94. The monoisotopic (exact) mass is 541 g/mol. The lowest BCUT2D eigenvalue weighted by Gasteiger charge is -2.33. The first-order chi connectivity index (χ1) is 14.1. The van der Waals surface area contributed by atoms with Gasteiger partial charge in [-0.1, -0.05) is 29.8 Å². The SMILES string of the molecule is CCNC(=NCC(c1ccc(C)cc1)N(C)C)NC1CCN(c2cccs2)CC1.I. The second-order valence-corrected chi connectivity index (χ2v) is 8.89. The van der Waals surface area contributed by atoms with Gasteiger partial charge in [-0.15, -0.1) is 35.3 Å². The molecule has 0 radical (unpaired) electrons. The van der Waals surface area contributed by atoms with Gasteiger partial charge in [-0.25, -0.2) is 0 Å². The highest BCUT2D eigenvalue weighted by molar-refractivity contribution is 14.0. The molecule has 2 N–H and O–H groups in total. The van der Waals surface area contributed by atoms with Gasteiger partial charge in [0, 0.05) is 25.7 Å². The van der Waals surface area contributed by atoms with Gasteiger partial charge in [0.1, 0.15) is 0 Å². The maximum Gasteiger partial charge on any atom is 0.191 e. The lowest BCUT2D eigenvalue weighted by molar-refractivity contribution is 0.306. The third-order valence-corrected chi connectivity index (χ3v) is 6.43. The fourth-order valence-electron chi connectivity index (χ4n) is 3.74. The van der Waals surface area contributed by atoms with Gasteiger partial charge in [0.2, 0.25) is 0 Å². The first-order valence-electron chi connectivity index (χ1n) is 10.6. The van der Waals surface area contributed by atoms with E-state index in [9.17, 15) is 0 Å². The van der Waals surface area contributed by atoms with Crippen LogP contribution in [0.1, 0.15) is 36.9 Å². The Bertz CT molecular complexity index is 752. The average Bonchev–Trinajstić information content (AvgIpc) is 3.25. The van der Waals surface area contributed by atoms with Crippen molar-refractivity contribution in [3.63, 3.8) is 0 Å². The minimum absolute atomic E-state index is 0. The Kier molecular flexibility index (Phi) is 10.4.